The highest BCUT2D eigenvalue weighted by Crippen LogP contribution is 2.25. The van der Waals surface area contributed by atoms with Gasteiger partial charge < -0.3 is 9.47 Å². The predicted octanol–water partition coefficient (Wildman–Crippen LogP) is 4.98. The van der Waals surface area contributed by atoms with Gasteiger partial charge in [0, 0.05) is 0 Å². The molecule has 3 aromatic rings. The van der Waals surface area contributed by atoms with Gasteiger partial charge in [0.2, 0.25) is 0 Å². The van der Waals surface area contributed by atoms with E-state index in [4.69, 9.17) is 9.47 Å². The Morgan fingerprint density at radius 1 is 0.833 bits per heavy atom. The molecule has 0 spiro atoms. The van der Waals surface area contributed by atoms with Crippen molar-refractivity contribution in [3.63, 3.8) is 0 Å². The highest BCUT2D eigenvalue weighted by molar-refractivity contribution is 5.92. The van der Waals surface area contributed by atoms with E-state index in [9.17, 15) is 9.18 Å². The van der Waals surface area contributed by atoms with Gasteiger partial charge in [-0.25, -0.2) is 9.18 Å². The Morgan fingerprint density at radius 3 is 2.25 bits per heavy atom. The molecule has 0 saturated heterocycles. The number of carbonyl (C=O) groups is 1. The molecule has 0 atom stereocenters. The zero-order valence-corrected chi connectivity index (χ0v) is 12.8. The molecule has 3 aromatic carbocycles. The van der Waals surface area contributed by atoms with Gasteiger partial charge in [0.05, 0.1) is 0 Å². The molecule has 0 unspecified atom stereocenters. The van der Waals surface area contributed by atoms with Crippen LogP contribution in [-0.4, -0.2) is 5.97 Å². The van der Waals surface area contributed by atoms with Crippen LogP contribution in [0.25, 0.3) is 0 Å². The molecule has 0 radical (unpaired) electrons. The number of halogens is 1. The first kappa shape index (κ1) is 15.7. The number of ether oxygens (including phenoxy) is 2. The van der Waals surface area contributed by atoms with Crippen LogP contribution in [0, 0.1) is 5.82 Å². The minimum Gasteiger partial charge on any atom is -0.457 e. The van der Waals surface area contributed by atoms with Crippen molar-refractivity contribution >= 4 is 5.97 Å². The second kappa shape index (κ2) is 7.42. The first-order chi connectivity index (χ1) is 11.7. The third kappa shape index (κ3) is 3.98. The number of hydrogen-bond acceptors (Lipinski definition) is 3. The topological polar surface area (TPSA) is 35.5 Å². The Morgan fingerprint density at radius 2 is 1.50 bits per heavy atom. The fraction of sp³-hybridized carbons (Fsp3) is 0.0500. The SMILES string of the molecule is O=C(OCc1ccc(F)cc1)c1ccccc1Oc1ccccc1. The van der Waals surface area contributed by atoms with Crippen molar-refractivity contribution in [2.24, 2.45) is 0 Å². The maximum Gasteiger partial charge on any atom is 0.342 e. The maximum atomic E-state index is 12.9. The van der Waals surface area contributed by atoms with Crippen molar-refractivity contribution < 1.29 is 18.7 Å². The maximum absolute atomic E-state index is 12.9. The van der Waals surface area contributed by atoms with Crippen LogP contribution in [0.15, 0.2) is 78.9 Å². The van der Waals surface area contributed by atoms with Gasteiger partial charge in [0.1, 0.15) is 29.5 Å². The van der Waals surface area contributed by atoms with Crippen molar-refractivity contribution in [1.29, 1.82) is 0 Å². The summed E-state index contributed by atoms with van der Waals surface area (Å²) in [5, 5.41) is 0. The molecule has 0 bridgehead atoms. The molecule has 0 amide bonds. The lowest BCUT2D eigenvalue weighted by molar-refractivity contribution is 0.0470. The van der Waals surface area contributed by atoms with Crippen LogP contribution in [0.2, 0.25) is 0 Å². The lowest BCUT2D eigenvalue weighted by Crippen LogP contribution is -2.07. The van der Waals surface area contributed by atoms with E-state index in [2.05, 4.69) is 0 Å². The van der Waals surface area contributed by atoms with Crippen molar-refractivity contribution in [2.45, 2.75) is 6.61 Å². The molecule has 0 N–H and O–H groups in total. The summed E-state index contributed by atoms with van der Waals surface area (Å²) in [7, 11) is 0. The Kier molecular flexibility index (Phi) is 4.87. The van der Waals surface area contributed by atoms with Crippen LogP contribution >= 0.6 is 0 Å². The zero-order chi connectivity index (χ0) is 16.8. The molecule has 0 fully saturated rings. The van der Waals surface area contributed by atoms with E-state index in [-0.39, 0.29) is 12.4 Å². The smallest absolute Gasteiger partial charge is 0.342 e. The molecule has 0 saturated carbocycles. The van der Waals surface area contributed by atoms with Crippen LogP contribution in [0.3, 0.4) is 0 Å². The number of hydrogen-bond donors (Lipinski definition) is 0. The number of esters is 1. The molecule has 0 aliphatic heterocycles. The second-order valence-electron chi connectivity index (χ2n) is 5.11. The molecule has 0 aliphatic rings. The summed E-state index contributed by atoms with van der Waals surface area (Å²) in [5.74, 6) is 0.238. The van der Waals surface area contributed by atoms with E-state index in [0.717, 1.165) is 0 Å². The van der Waals surface area contributed by atoms with Crippen LogP contribution in [0.5, 0.6) is 11.5 Å². The van der Waals surface area contributed by atoms with Crippen LogP contribution in [-0.2, 0) is 11.3 Å². The molecule has 0 aromatic heterocycles. The molecule has 24 heavy (non-hydrogen) atoms. The summed E-state index contributed by atoms with van der Waals surface area (Å²) in [5.41, 5.74) is 1.05. The van der Waals surface area contributed by atoms with Gasteiger partial charge in [0.25, 0.3) is 0 Å². The summed E-state index contributed by atoms with van der Waals surface area (Å²) in [6, 6.07) is 21.9. The largest absolute Gasteiger partial charge is 0.457 e. The van der Waals surface area contributed by atoms with Crippen molar-refractivity contribution in [2.75, 3.05) is 0 Å². The summed E-state index contributed by atoms with van der Waals surface area (Å²) in [6.07, 6.45) is 0. The van der Waals surface area contributed by atoms with Crippen LogP contribution in [0.1, 0.15) is 15.9 Å². The second-order valence-corrected chi connectivity index (χ2v) is 5.11. The lowest BCUT2D eigenvalue weighted by atomic mass is 10.2. The standard InChI is InChI=1S/C20H15FO3/c21-16-12-10-15(11-13-16)14-23-20(22)18-8-4-5-9-19(18)24-17-6-2-1-3-7-17/h1-13H,14H2. The highest BCUT2D eigenvalue weighted by Gasteiger charge is 2.14. The van der Waals surface area contributed by atoms with Gasteiger partial charge in [-0.3, -0.25) is 0 Å². The Balaban J connectivity index is 1.71. The summed E-state index contributed by atoms with van der Waals surface area (Å²) in [4.78, 5) is 12.3. The lowest BCUT2D eigenvalue weighted by Gasteiger charge is -2.11. The van der Waals surface area contributed by atoms with Gasteiger partial charge in [-0.2, -0.15) is 0 Å². The minimum absolute atomic E-state index is 0.0682. The van der Waals surface area contributed by atoms with E-state index in [1.54, 1.807) is 48.5 Å². The predicted molar refractivity (Wildman–Crippen MR) is 88.5 cm³/mol. The van der Waals surface area contributed by atoms with E-state index >= 15 is 0 Å². The average Bonchev–Trinajstić information content (AvgIpc) is 2.62. The van der Waals surface area contributed by atoms with Gasteiger partial charge in [-0.15, -0.1) is 0 Å². The van der Waals surface area contributed by atoms with Crippen molar-refractivity contribution in [3.05, 3.63) is 95.8 Å². The number of carbonyl (C=O) groups excluding carboxylic acids is 1. The number of benzene rings is 3. The molecule has 0 aliphatic carbocycles. The zero-order valence-electron chi connectivity index (χ0n) is 12.8. The Bertz CT molecular complexity index is 814. The van der Waals surface area contributed by atoms with E-state index in [1.807, 2.05) is 18.2 Å². The fourth-order valence-electron chi connectivity index (χ4n) is 2.15. The van der Waals surface area contributed by atoms with Gasteiger partial charge >= 0.3 is 5.97 Å². The summed E-state index contributed by atoms with van der Waals surface area (Å²) in [6.45, 7) is 0.0682. The molecule has 4 heteroatoms. The number of para-hydroxylation sites is 2. The highest BCUT2D eigenvalue weighted by atomic mass is 19.1. The van der Waals surface area contributed by atoms with Crippen molar-refractivity contribution in [3.8, 4) is 11.5 Å². The summed E-state index contributed by atoms with van der Waals surface area (Å²) >= 11 is 0. The van der Waals surface area contributed by atoms with E-state index in [0.29, 0.717) is 22.6 Å². The minimum atomic E-state index is -0.495. The normalized spacial score (nSPS) is 10.2. The average molecular weight is 322 g/mol. The monoisotopic (exact) mass is 322 g/mol. The molecule has 3 nitrogen and oxygen atoms in total. The quantitative estimate of drug-likeness (QED) is 0.622. The molecule has 0 heterocycles. The van der Waals surface area contributed by atoms with Crippen LogP contribution < -0.4 is 4.74 Å². The van der Waals surface area contributed by atoms with Gasteiger partial charge in [-0.1, -0.05) is 42.5 Å². The summed E-state index contributed by atoms with van der Waals surface area (Å²) < 4.78 is 23.9. The van der Waals surface area contributed by atoms with E-state index in [1.165, 1.54) is 12.1 Å². The van der Waals surface area contributed by atoms with Crippen molar-refractivity contribution in [1.82, 2.24) is 0 Å². The third-order valence-corrected chi connectivity index (χ3v) is 3.36. The molecular weight excluding hydrogens is 307 g/mol. The number of rotatable bonds is 5. The molecular formula is C20H15FO3. The first-order valence-corrected chi connectivity index (χ1v) is 7.46. The molecule has 3 rings (SSSR count). The molecule has 120 valence electrons. The Hall–Kier alpha value is -3.14. The fourth-order valence-corrected chi connectivity index (χ4v) is 2.15. The third-order valence-electron chi connectivity index (χ3n) is 3.36. The van der Waals surface area contributed by atoms with Crippen LogP contribution in [0.4, 0.5) is 4.39 Å². The Labute approximate surface area is 139 Å². The first-order valence-electron chi connectivity index (χ1n) is 7.46. The van der Waals surface area contributed by atoms with Gasteiger partial charge in [-0.05, 0) is 42.0 Å². The van der Waals surface area contributed by atoms with Gasteiger partial charge in [0.15, 0.2) is 0 Å². The van der Waals surface area contributed by atoms with E-state index < -0.39 is 5.97 Å².